The van der Waals surface area contributed by atoms with Crippen molar-refractivity contribution in [2.24, 2.45) is 5.41 Å². The fraction of sp³-hybridized carbons (Fsp3) is 0.304. The standard InChI is InChI=1S/C23H21FO3/c1-23(2)12-17(25)20-18(13-23)27-22(21(26)15-6-4-3-5-7-15)19(20)14-8-10-16(24)11-9-14/h3-11,19,22H,12-13H2,1-2H3/t19-,22-/m0/s1. The van der Waals surface area contributed by atoms with Crippen molar-refractivity contribution < 1.29 is 18.7 Å². The molecule has 0 radical (unpaired) electrons. The van der Waals surface area contributed by atoms with Crippen LogP contribution in [0.1, 0.15) is 48.5 Å². The van der Waals surface area contributed by atoms with Gasteiger partial charge in [0.25, 0.3) is 0 Å². The molecule has 0 fully saturated rings. The molecule has 0 saturated heterocycles. The quantitative estimate of drug-likeness (QED) is 0.733. The summed E-state index contributed by atoms with van der Waals surface area (Å²) >= 11 is 0. The average Bonchev–Trinajstić information content (AvgIpc) is 3.00. The van der Waals surface area contributed by atoms with Gasteiger partial charge in [0, 0.05) is 24.0 Å². The number of halogens is 1. The Balaban J connectivity index is 1.79. The van der Waals surface area contributed by atoms with Gasteiger partial charge in [-0.25, -0.2) is 4.39 Å². The fourth-order valence-electron chi connectivity index (χ4n) is 4.09. The van der Waals surface area contributed by atoms with Gasteiger partial charge in [0.15, 0.2) is 11.9 Å². The third-order valence-corrected chi connectivity index (χ3v) is 5.31. The summed E-state index contributed by atoms with van der Waals surface area (Å²) in [5.74, 6) is -0.394. The monoisotopic (exact) mass is 364 g/mol. The van der Waals surface area contributed by atoms with Crippen LogP contribution in [0, 0.1) is 11.2 Å². The first-order valence-corrected chi connectivity index (χ1v) is 9.13. The van der Waals surface area contributed by atoms with Gasteiger partial charge in [-0.05, 0) is 23.1 Å². The number of Topliss-reactive ketones (excluding diaryl/α,β-unsaturated/α-hetero) is 2. The van der Waals surface area contributed by atoms with E-state index in [9.17, 15) is 14.0 Å². The Labute approximate surface area is 157 Å². The third kappa shape index (κ3) is 3.20. The van der Waals surface area contributed by atoms with Gasteiger partial charge in [-0.2, -0.15) is 0 Å². The molecular formula is C23H21FO3. The largest absolute Gasteiger partial charge is 0.485 e. The van der Waals surface area contributed by atoms with Crippen LogP contribution in [0.15, 0.2) is 65.9 Å². The summed E-state index contributed by atoms with van der Waals surface area (Å²) in [7, 11) is 0. The van der Waals surface area contributed by atoms with E-state index in [0.29, 0.717) is 29.7 Å². The highest BCUT2D eigenvalue weighted by Gasteiger charge is 2.48. The second-order valence-corrected chi connectivity index (χ2v) is 8.08. The molecule has 0 aromatic heterocycles. The Hall–Kier alpha value is -2.75. The lowest BCUT2D eigenvalue weighted by atomic mass is 9.72. The zero-order valence-electron chi connectivity index (χ0n) is 15.4. The van der Waals surface area contributed by atoms with Gasteiger partial charge in [0.05, 0.1) is 5.92 Å². The summed E-state index contributed by atoms with van der Waals surface area (Å²) in [4.78, 5) is 26.1. The molecule has 4 rings (SSSR count). The van der Waals surface area contributed by atoms with E-state index >= 15 is 0 Å². The van der Waals surface area contributed by atoms with E-state index in [2.05, 4.69) is 0 Å². The van der Waals surface area contributed by atoms with Crippen molar-refractivity contribution in [1.29, 1.82) is 0 Å². The van der Waals surface area contributed by atoms with E-state index in [-0.39, 0.29) is 22.8 Å². The van der Waals surface area contributed by atoms with Crippen molar-refractivity contribution in [2.45, 2.75) is 38.7 Å². The van der Waals surface area contributed by atoms with E-state index in [1.165, 1.54) is 12.1 Å². The highest BCUT2D eigenvalue weighted by molar-refractivity contribution is 6.05. The molecule has 3 nitrogen and oxygen atoms in total. The van der Waals surface area contributed by atoms with E-state index in [4.69, 9.17) is 4.74 Å². The first-order chi connectivity index (χ1) is 12.9. The van der Waals surface area contributed by atoms with Crippen LogP contribution in [0.25, 0.3) is 0 Å². The van der Waals surface area contributed by atoms with Gasteiger partial charge < -0.3 is 4.74 Å². The summed E-state index contributed by atoms with van der Waals surface area (Å²) in [5.41, 5.74) is 1.65. The predicted octanol–water partition coefficient (Wildman–Crippen LogP) is 4.83. The lowest BCUT2D eigenvalue weighted by Crippen LogP contribution is -2.29. The maximum absolute atomic E-state index is 13.4. The van der Waals surface area contributed by atoms with Crippen LogP contribution in [0.3, 0.4) is 0 Å². The number of benzene rings is 2. The van der Waals surface area contributed by atoms with Crippen LogP contribution >= 0.6 is 0 Å². The Morgan fingerprint density at radius 1 is 1.04 bits per heavy atom. The maximum atomic E-state index is 13.4. The van der Waals surface area contributed by atoms with Gasteiger partial charge in [-0.15, -0.1) is 0 Å². The molecule has 2 aromatic carbocycles. The number of hydrogen-bond donors (Lipinski definition) is 0. The summed E-state index contributed by atoms with van der Waals surface area (Å²) in [6, 6.07) is 14.9. The topological polar surface area (TPSA) is 43.4 Å². The smallest absolute Gasteiger partial charge is 0.204 e. The molecule has 1 aliphatic carbocycles. The van der Waals surface area contributed by atoms with Crippen LogP contribution < -0.4 is 0 Å². The highest BCUT2D eigenvalue weighted by Crippen LogP contribution is 2.49. The molecule has 2 aromatic rings. The van der Waals surface area contributed by atoms with Crippen molar-refractivity contribution in [3.05, 3.63) is 82.9 Å². The Bertz CT molecular complexity index is 926. The van der Waals surface area contributed by atoms with Crippen molar-refractivity contribution in [3.8, 4) is 0 Å². The number of allylic oxidation sites excluding steroid dienone is 1. The van der Waals surface area contributed by atoms with Gasteiger partial charge in [-0.3, -0.25) is 9.59 Å². The minimum atomic E-state index is -0.805. The zero-order valence-corrected chi connectivity index (χ0v) is 15.4. The minimum Gasteiger partial charge on any atom is -0.485 e. The summed E-state index contributed by atoms with van der Waals surface area (Å²) in [6.07, 6.45) is 0.226. The predicted molar refractivity (Wildman–Crippen MR) is 99.8 cm³/mol. The lowest BCUT2D eigenvalue weighted by Gasteiger charge is -2.29. The average molecular weight is 364 g/mol. The highest BCUT2D eigenvalue weighted by atomic mass is 19.1. The lowest BCUT2D eigenvalue weighted by molar-refractivity contribution is -0.118. The van der Waals surface area contributed by atoms with Crippen molar-refractivity contribution in [1.82, 2.24) is 0 Å². The number of hydrogen-bond acceptors (Lipinski definition) is 3. The van der Waals surface area contributed by atoms with Crippen LogP contribution in [-0.4, -0.2) is 17.7 Å². The van der Waals surface area contributed by atoms with Gasteiger partial charge in [-0.1, -0.05) is 56.3 Å². The van der Waals surface area contributed by atoms with Crippen molar-refractivity contribution >= 4 is 11.6 Å². The molecule has 0 bridgehead atoms. The Kier molecular flexibility index (Phi) is 4.22. The number of ether oxygens (including phenoxy) is 1. The second-order valence-electron chi connectivity index (χ2n) is 8.08. The number of ketones is 2. The molecule has 0 saturated carbocycles. The molecule has 1 aliphatic heterocycles. The minimum absolute atomic E-state index is 0.0129. The molecule has 2 aliphatic rings. The fourth-order valence-corrected chi connectivity index (χ4v) is 4.09. The van der Waals surface area contributed by atoms with Crippen molar-refractivity contribution in [3.63, 3.8) is 0 Å². The van der Waals surface area contributed by atoms with E-state index < -0.39 is 12.0 Å². The van der Waals surface area contributed by atoms with Crippen LogP contribution in [0.5, 0.6) is 0 Å². The van der Waals surface area contributed by atoms with E-state index in [1.807, 2.05) is 19.9 Å². The first kappa shape index (κ1) is 17.7. The van der Waals surface area contributed by atoms with Crippen LogP contribution in [0.4, 0.5) is 4.39 Å². The second kappa shape index (κ2) is 6.45. The molecule has 27 heavy (non-hydrogen) atoms. The molecule has 1 heterocycles. The van der Waals surface area contributed by atoms with Gasteiger partial charge >= 0.3 is 0 Å². The molecule has 2 atom stereocenters. The molecule has 0 amide bonds. The van der Waals surface area contributed by atoms with Crippen LogP contribution in [0.2, 0.25) is 0 Å². The summed E-state index contributed by atoms with van der Waals surface area (Å²) in [5, 5.41) is 0. The molecule has 0 spiro atoms. The molecule has 4 heteroatoms. The number of carbonyl (C=O) groups is 2. The molecule has 0 unspecified atom stereocenters. The Morgan fingerprint density at radius 3 is 2.37 bits per heavy atom. The van der Waals surface area contributed by atoms with E-state index in [0.717, 1.165) is 5.56 Å². The maximum Gasteiger partial charge on any atom is 0.204 e. The zero-order chi connectivity index (χ0) is 19.2. The molecular weight excluding hydrogens is 343 g/mol. The normalized spacial score (nSPS) is 23.7. The first-order valence-electron chi connectivity index (χ1n) is 9.13. The van der Waals surface area contributed by atoms with Gasteiger partial charge in [0.2, 0.25) is 5.78 Å². The molecule has 138 valence electrons. The number of carbonyl (C=O) groups excluding carboxylic acids is 2. The molecule has 0 N–H and O–H groups in total. The summed E-state index contributed by atoms with van der Waals surface area (Å²) < 4.78 is 19.5. The third-order valence-electron chi connectivity index (χ3n) is 5.31. The SMILES string of the molecule is CC1(C)CC(=O)C2=C(C1)O[C@H](C(=O)c1ccccc1)[C@H]2c1ccc(F)cc1. The summed E-state index contributed by atoms with van der Waals surface area (Å²) in [6.45, 7) is 4.05. The van der Waals surface area contributed by atoms with Crippen molar-refractivity contribution in [2.75, 3.05) is 0 Å². The Morgan fingerprint density at radius 2 is 1.70 bits per heavy atom. The van der Waals surface area contributed by atoms with Crippen LogP contribution in [-0.2, 0) is 9.53 Å². The van der Waals surface area contributed by atoms with E-state index in [1.54, 1.807) is 36.4 Å². The van der Waals surface area contributed by atoms with Gasteiger partial charge in [0.1, 0.15) is 11.6 Å². The number of rotatable bonds is 3.